The van der Waals surface area contributed by atoms with Gasteiger partial charge in [-0.15, -0.1) is 0 Å². The molecule has 0 atom stereocenters. The van der Waals surface area contributed by atoms with E-state index in [1.165, 1.54) is 54.6 Å². The van der Waals surface area contributed by atoms with Gasteiger partial charge in [-0.05, 0) is 78.3 Å². The maximum atomic E-state index is 6.60. The fourth-order valence-corrected chi connectivity index (χ4v) is 6.91. The monoisotopic (exact) mass is 546 g/mol. The highest BCUT2D eigenvalue weighted by Gasteiger charge is 2.18. The smallest absolute Gasteiger partial charge is 0.143 e. The Morgan fingerprint density at radius 3 is 1.53 bits per heavy atom. The van der Waals surface area contributed by atoms with Crippen LogP contribution in [0.3, 0.4) is 0 Å². The molecule has 1 heteroatoms. The van der Waals surface area contributed by atoms with Crippen LogP contribution >= 0.6 is 0 Å². The van der Waals surface area contributed by atoms with E-state index in [2.05, 4.69) is 158 Å². The van der Waals surface area contributed by atoms with E-state index in [0.717, 1.165) is 33.1 Å². The Kier molecular flexibility index (Phi) is 5.27. The van der Waals surface area contributed by atoms with Crippen molar-refractivity contribution in [2.24, 2.45) is 0 Å². The first-order valence-electron chi connectivity index (χ1n) is 14.8. The molecule has 0 radical (unpaired) electrons. The van der Waals surface area contributed by atoms with Crippen LogP contribution in [0.2, 0.25) is 0 Å². The van der Waals surface area contributed by atoms with Crippen molar-refractivity contribution < 1.29 is 4.42 Å². The second-order valence-corrected chi connectivity index (χ2v) is 11.3. The number of hydrogen-bond donors (Lipinski definition) is 0. The van der Waals surface area contributed by atoms with Gasteiger partial charge in [0.25, 0.3) is 0 Å². The minimum Gasteiger partial charge on any atom is -0.455 e. The lowest BCUT2D eigenvalue weighted by Crippen LogP contribution is -1.91. The second-order valence-electron chi connectivity index (χ2n) is 11.3. The van der Waals surface area contributed by atoms with Gasteiger partial charge in [-0.3, -0.25) is 0 Å². The van der Waals surface area contributed by atoms with Gasteiger partial charge in [0.15, 0.2) is 0 Å². The molecule has 0 aliphatic carbocycles. The van der Waals surface area contributed by atoms with E-state index >= 15 is 0 Å². The molecule has 9 aromatic rings. The first-order valence-corrected chi connectivity index (χ1v) is 14.8. The molecule has 0 unspecified atom stereocenters. The lowest BCUT2D eigenvalue weighted by Gasteiger charge is -2.18. The Balaban J connectivity index is 1.30. The highest BCUT2D eigenvalue weighted by atomic mass is 16.3. The van der Waals surface area contributed by atoms with Crippen LogP contribution in [0.5, 0.6) is 0 Å². The van der Waals surface area contributed by atoms with Gasteiger partial charge >= 0.3 is 0 Å². The van der Waals surface area contributed by atoms with Gasteiger partial charge in [-0.25, -0.2) is 0 Å². The predicted molar refractivity (Wildman–Crippen MR) is 183 cm³/mol. The summed E-state index contributed by atoms with van der Waals surface area (Å²) >= 11 is 0. The molecule has 0 saturated heterocycles. The summed E-state index contributed by atoms with van der Waals surface area (Å²) in [7, 11) is 0. The molecule has 9 rings (SSSR count). The van der Waals surface area contributed by atoms with Crippen molar-refractivity contribution in [1.29, 1.82) is 0 Å². The average molecular weight is 547 g/mol. The second kappa shape index (κ2) is 9.44. The third kappa shape index (κ3) is 3.72. The Hall–Kier alpha value is -5.66. The summed E-state index contributed by atoms with van der Waals surface area (Å²) in [5.41, 5.74) is 9.08. The Morgan fingerprint density at radius 1 is 0.326 bits per heavy atom. The molecule has 0 fully saturated rings. The molecule has 0 saturated carbocycles. The number of para-hydroxylation sites is 1. The topological polar surface area (TPSA) is 13.1 Å². The van der Waals surface area contributed by atoms with E-state index < -0.39 is 0 Å². The molecule has 0 spiro atoms. The number of rotatable bonds is 3. The van der Waals surface area contributed by atoms with E-state index in [0.29, 0.717) is 0 Å². The lowest BCUT2D eigenvalue weighted by molar-refractivity contribution is 0.670. The van der Waals surface area contributed by atoms with Crippen LogP contribution in [0.1, 0.15) is 0 Å². The molecule has 0 aliphatic rings. The van der Waals surface area contributed by atoms with E-state index in [9.17, 15) is 0 Å². The number of furan rings is 1. The predicted octanol–water partition coefficient (Wildman–Crippen LogP) is 12.0. The minimum atomic E-state index is 0.922. The third-order valence-electron chi connectivity index (χ3n) is 8.82. The Bertz CT molecular complexity index is 2440. The van der Waals surface area contributed by atoms with Crippen molar-refractivity contribution >= 4 is 54.3 Å². The zero-order valence-corrected chi connectivity index (χ0v) is 23.4. The summed E-state index contributed by atoms with van der Waals surface area (Å²) in [6, 6.07) is 56.7. The van der Waals surface area contributed by atoms with Gasteiger partial charge in [0, 0.05) is 16.3 Å². The van der Waals surface area contributed by atoms with Crippen molar-refractivity contribution in [3.8, 4) is 33.4 Å². The van der Waals surface area contributed by atoms with Crippen LogP contribution < -0.4 is 0 Å². The summed E-state index contributed by atoms with van der Waals surface area (Å²) in [6.07, 6.45) is 0. The van der Waals surface area contributed by atoms with E-state index in [4.69, 9.17) is 4.42 Å². The number of hydrogen-bond acceptors (Lipinski definition) is 1. The largest absolute Gasteiger partial charge is 0.455 e. The SMILES string of the molecule is c1ccc(-c2c3ccccc3c(-c3cccc(-c4cccc5c4oc4cc6ccccc6cc45)c3)c3ccccc23)cc1. The van der Waals surface area contributed by atoms with Crippen LogP contribution in [0.4, 0.5) is 0 Å². The molecule has 200 valence electrons. The highest BCUT2D eigenvalue weighted by molar-refractivity contribution is 6.21. The summed E-state index contributed by atoms with van der Waals surface area (Å²) in [5.74, 6) is 0. The number of fused-ring (bicyclic) bond motifs is 6. The zero-order valence-electron chi connectivity index (χ0n) is 23.4. The first kappa shape index (κ1) is 24.0. The summed E-state index contributed by atoms with van der Waals surface area (Å²) in [6.45, 7) is 0. The Morgan fingerprint density at radius 2 is 0.837 bits per heavy atom. The van der Waals surface area contributed by atoms with Gasteiger partial charge in [-0.1, -0.05) is 140 Å². The van der Waals surface area contributed by atoms with Crippen molar-refractivity contribution in [3.63, 3.8) is 0 Å². The molecule has 0 aliphatic heterocycles. The first-order chi connectivity index (χ1) is 21.3. The molecule has 1 aromatic heterocycles. The summed E-state index contributed by atoms with van der Waals surface area (Å²) < 4.78 is 6.60. The normalized spacial score (nSPS) is 11.7. The fraction of sp³-hybridized carbons (Fsp3) is 0. The van der Waals surface area contributed by atoms with Crippen molar-refractivity contribution in [1.82, 2.24) is 0 Å². The summed E-state index contributed by atoms with van der Waals surface area (Å²) in [4.78, 5) is 0. The maximum absolute atomic E-state index is 6.60. The van der Waals surface area contributed by atoms with Gasteiger partial charge in [0.05, 0.1) is 0 Å². The van der Waals surface area contributed by atoms with Crippen LogP contribution in [-0.4, -0.2) is 0 Å². The van der Waals surface area contributed by atoms with Crippen LogP contribution in [0, 0.1) is 0 Å². The van der Waals surface area contributed by atoms with E-state index in [1.807, 2.05) is 0 Å². The van der Waals surface area contributed by atoms with Crippen LogP contribution in [-0.2, 0) is 0 Å². The quantitative estimate of drug-likeness (QED) is 0.201. The average Bonchev–Trinajstić information content (AvgIpc) is 3.44. The molecule has 0 amide bonds. The molecule has 43 heavy (non-hydrogen) atoms. The van der Waals surface area contributed by atoms with Gasteiger partial charge < -0.3 is 4.42 Å². The van der Waals surface area contributed by atoms with Crippen molar-refractivity contribution in [2.45, 2.75) is 0 Å². The molecule has 0 N–H and O–H groups in total. The number of benzene rings is 8. The Labute approximate surface area is 249 Å². The molecular weight excluding hydrogens is 520 g/mol. The van der Waals surface area contributed by atoms with Crippen molar-refractivity contribution in [3.05, 3.63) is 158 Å². The molecule has 8 aromatic carbocycles. The lowest BCUT2D eigenvalue weighted by atomic mass is 9.85. The van der Waals surface area contributed by atoms with Crippen LogP contribution in [0.25, 0.3) is 87.6 Å². The molecule has 1 nitrogen and oxygen atoms in total. The van der Waals surface area contributed by atoms with Crippen LogP contribution in [0.15, 0.2) is 162 Å². The molecule has 1 heterocycles. The summed E-state index contributed by atoms with van der Waals surface area (Å²) in [5, 5.41) is 9.75. The van der Waals surface area contributed by atoms with Gasteiger partial charge in [-0.2, -0.15) is 0 Å². The molecule has 0 bridgehead atoms. The molecular formula is C42H26O. The standard InChI is InChI=1S/C42H26O/c1-2-12-27(13-3-1)40-33-18-6-8-20-35(33)41(36-21-9-7-19-34(36)40)31-17-10-16-30(24-31)32-22-11-23-37-38-25-28-14-4-5-15-29(28)26-39(38)43-42(32)37/h1-26H. The van der Waals surface area contributed by atoms with Gasteiger partial charge in [0.2, 0.25) is 0 Å². The van der Waals surface area contributed by atoms with Gasteiger partial charge in [0.1, 0.15) is 11.2 Å². The fourth-order valence-electron chi connectivity index (χ4n) is 6.91. The van der Waals surface area contributed by atoms with E-state index in [1.54, 1.807) is 0 Å². The van der Waals surface area contributed by atoms with Crippen molar-refractivity contribution in [2.75, 3.05) is 0 Å². The third-order valence-corrected chi connectivity index (χ3v) is 8.82. The highest BCUT2D eigenvalue weighted by Crippen LogP contribution is 2.45. The maximum Gasteiger partial charge on any atom is 0.143 e. The van der Waals surface area contributed by atoms with E-state index in [-0.39, 0.29) is 0 Å². The zero-order chi connectivity index (χ0) is 28.3. The minimum absolute atomic E-state index is 0.922.